The Morgan fingerprint density at radius 1 is 1.24 bits per heavy atom. The highest BCUT2D eigenvalue weighted by Crippen LogP contribution is 2.38. The fourth-order valence-corrected chi connectivity index (χ4v) is 2.98. The Bertz CT molecular complexity index is 675. The summed E-state index contributed by atoms with van der Waals surface area (Å²) in [6, 6.07) is 10.5. The molecule has 1 aromatic heterocycles. The van der Waals surface area contributed by atoms with Crippen molar-refractivity contribution in [3.63, 3.8) is 0 Å². The molecule has 3 heteroatoms. The molecule has 0 amide bonds. The summed E-state index contributed by atoms with van der Waals surface area (Å²) in [6.07, 6.45) is 4.75. The largest absolute Gasteiger partial charge is 0.497 e. The van der Waals surface area contributed by atoms with Gasteiger partial charge < -0.3 is 9.64 Å². The summed E-state index contributed by atoms with van der Waals surface area (Å²) >= 11 is 0. The lowest BCUT2D eigenvalue weighted by Crippen LogP contribution is -2.15. The second-order valence-electron chi connectivity index (χ2n) is 5.66. The number of likely N-dealkylation sites (N-methyl/N-ethyl adjacent to an activating group) is 1. The van der Waals surface area contributed by atoms with Gasteiger partial charge in [0.1, 0.15) is 5.75 Å². The Labute approximate surface area is 125 Å². The van der Waals surface area contributed by atoms with Crippen LogP contribution in [-0.2, 0) is 6.42 Å². The highest BCUT2D eigenvalue weighted by Gasteiger charge is 2.23. The van der Waals surface area contributed by atoms with Crippen molar-refractivity contribution in [3.05, 3.63) is 65.0 Å². The highest BCUT2D eigenvalue weighted by atomic mass is 16.5. The fraction of sp³-hybridized carbons (Fsp3) is 0.278. The molecule has 0 unspecified atom stereocenters. The number of hydrogen-bond donors (Lipinski definition) is 0. The minimum atomic E-state index is 0.922. The average Bonchev–Trinajstić information content (AvgIpc) is 2.83. The second kappa shape index (κ2) is 5.70. The number of fused-ring (bicyclic) bond motifs is 1. The molecule has 108 valence electrons. The number of hydrogen-bond acceptors (Lipinski definition) is 3. The van der Waals surface area contributed by atoms with Gasteiger partial charge in [0.15, 0.2) is 0 Å². The quantitative estimate of drug-likeness (QED) is 0.861. The van der Waals surface area contributed by atoms with E-state index in [2.05, 4.69) is 42.2 Å². The molecule has 0 atom stereocenters. The van der Waals surface area contributed by atoms with E-state index in [1.807, 2.05) is 24.5 Å². The Kier molecular flexibility index (Phi) is 3.76. The number of rotatable bonds is 4. The predicted molar refractivity (Wildman–Crippen MR) is 85.5 cm³/mol. The number of pyridine rings is 1. The normalized spacial score (nSPS) is 13.7. The maximum atomic E-state index is 5.36. The minimum absolute atomic E-state index is 0.922. The molecule has 0 fully saturated rings. The van der Waals surface area contributed by atoms with Gasteiger partial charge in [-0.05, 0) is 61.0 Å². The van der Waals surface area contributed by atoms with Crippen LogP contribution in [0.3, 0.4) is 0 Å². The summed E-state index contributed by atoms with van der Waals surface area (Å²) in [5.41, 5.74) is 6.61. The molecule has 0 bridgehead atoms. The van der Waals surface area contributed by atoms with Crippen LogP contribution < -0.4 is 4.74 Å². The van der Waals surface area contributed by atoms with Crippen molar-refractivity contribution in [2.24, 2.45) is 0 Å². The van der Waals surface area contributed by atoms with Crippen LogP contribution in [0.1, 0.15) is 16.7 Å². The summed E-state index contributed by atoms with van der Waals surface area (Å²) in [5.74, 6) is 0.922. The first kappa shape index (κ1) is 13.8. The van der Waals surface area contributed by atoms with E-state index in [4.69, 9.17) is 4.74 Å². The monoisotopic (exact) mass is 280 g/mol. The van der Waals surface area contributed by atoms with E-state index >= 15 is 0 Å². The Morgan fingerprint density at radius 3 is 2.76 bits per heavy atom. The van der Waals surface area contributed by atoms with Gasteiger partial charge in [-0.15, -0.1) is 0 Å². The SMILES string of the molecule is COc1ccc2c(c1)CC(CN(C)C)=C2c1cccnc1. The Morgan fingerprint density at radius 2 is 2.10 bits per heavy atom. The lowest BCUT2D eigenvalue weighted by Gasteiger charge is -2.13. The predicted octanol–water partition coefficient (Wildman–Crippen LogP) is 3.01. The molecular formula is C18H20N2O. The van der Waals surface area contributed by atoms with Gasteiger partial charge in [0.2, 0.25) is 0 Å². The van der Waals surface area contributed by atoms with Gasteiger partial charge in [-0.25, -0.2) is 0 Å². The molecule has 0 saturated heterocycles. The van der Waals surface area contributed by atoms with Crippen molar-refractivity contribution < 1.29 is 4.74 Å². The summed E-state index contributed by atoms with van der Waals surface area (Å²) in [7, 11) is 5.93. The van der Waals surface area contributed by atoms with Crippen molar-refractivity contribution in [3.8, 4) is 5.75 Å². The van der Waals surface area contributed by atoms with Crippen molar-refractivity contribution in [2.75, 3.05) is 27.7 Å². The number of nitrogens with zero attached hydrogens (tertiary/aromatic N) is 2. The van der Waals surface area contributed by atoms with E-state index in [0.29, 0.717) is 0 Å². The van der Waals surface area contributed by atoms with E-state index in [1.54, 1.807) is 7.11 Å². The molecule has 1 aliphatic carbocycles. The first-order valence-electron chi connectivity index (χ1n) is 7.13. The van der Waals surface area contributed by atoms with E-state index in [-0.39, 0.29) is 0 Å². The number of ether oxygens (including phenoxy) is 1. The number of aromatic nitrogens is 1. The number of benzene rings is 1. The maximum Gasteiger partial charge on any atom is 0.119 e. The zero-order valence-corrected chi connectivity index (χ0v) is 12.8. The highest BCUT2D eigenvalue weighted by molar-refractivity contribution is 5.87. The standard InChI is InChI=1S/C18H20N2O/c1-20(2)12-15-9-14-10-16(21-3)6-7-17(14)18(15)13-5-4-8-19-11-13/h4-8,10-11H,9,12H2,1-3H3. The average molecular weight is 280 g/mol. The second-order valence-corrected chi connectivity index (χ2v) is 5.66. The molecule has 3 rings (SSSR count). The van der Waals surface area contributed by atoms with Crippen LogP contribution in [-0.4, -0.2) is 37.6 Å². The summed E-state index contributed by atoms with van der Waals surface area (Å²) in [6.45, 7) is 0.960. The molecular weight excluding hydrogens is 260 g/mol. The molecule has 3 nitrogen and oxygen atoms in total. The van der Waals surface area contributed by atoms with Crippen LogP contribution in [0.2, 0.25) is 0 Å². The van der Waals surface area contributed by atoms with E-state index < -0.39 is 0 Å². The molecule has 0 radical (unpaired) electrons. The molecule has 0 spiro atoms. The topological polar surface area (TPSA) is 25.4 Å². The molecule has 1 heterocycles. The van der Waals surface area contributed by atoms with Crippen LogP contribution in [0.25, 0.3) is 5.57 Å². The van der Waals surface area contributed by atoms with Gasteiger partial charge in [-0.3, -0.25) is 4.98 Å². The minimum Gasteiger partial charge on any atom is -0.497 e. The molecule has 21 heavy (non-hydrogen) atoms. The van der Waals surface area contributed by atoms with Crippen LogP contribution >= 0.6 is 0 Å². The van der Waals surface area contributed by atoms with Crippen molar-refractivity contribution in [1.82, 2.24) is 9.88 Å². The van der Waals surface area contributed by atoms with Gasteiger partial charge in [0, 0.05) is 24.5 Å². The smallest absolute Gasteiger partial charge is 0.119 e. The van der Waals surface area contributed by atoms with Crippen LogP contribution in [0.15, 0.2) is 48.3 Å². The zero-order valence-electron chi connectivity index (χ0n) is 12.8. The lowest BCUT2D eigenvalue weighted by molar-refractivity contribution is 0.414. The van der Waals surface area contributed by atoms with Gasteiger partial charge in [-0.2, -0.15) is 0 Å². The van der Waals surface area contributed by atoms with E-state index in [1.165, 1.54) is 27.8 Å². The van der Waals surface area contributed by atoms with E-state index in [0.717, 1.165) is 18.7 Å². The van der Waals surface area contributed by atoms with Crippen molar-refractivity contribution in [1.29, 1.82) is 0 Å². The Balaban J connectivity index is 2.10. The summed E-state index contributed by atoms with van der Waals surface area (Å²) in [5, 5.41) is 0. The molecule has 2 aromatic rings. The maximum absolute atomic E-state index is 5.36. The summed E-state index contributed by atoms with van der Waals surface area (Å²) in [4.78, 5) is 6.49. The fourth-order valence-electron chi connectivity index (χ4n) is 2.98. The molecule has 0 saturated carbocycles. The molecule has 0 N–H and O–H groups in total. The van der Waals surface area contributed by atoms with Gasteiger partial charge in [0.05, 0.1) is 7.11 Å². The van der Waals surface area contributed by atoms with E-state index in [9.17, 15) is 0 Å². The van der Waals surface area contributed by atoms with Crippen LogP contribution in [0.4, 0.5) is 0 Å². The Hall–Kier alpha value is -2.13. The first-order valence-corrected chi connectivity index (χ1v) is 7.13. The van der Waals surface area contributed by atoms with Crippen molar-refractivity contribution in [2.45, 2.75) is 6.42 Å². The van der Waals surface area contributed by atoms with Gasteiger partial charge in [-0.1, -0.05) is 12.1 Å². The third-order valence-corrected chi connectivity index (χ3v) is 3.80. The molecule has 1 aromatic carbocycles. The van der Waals surface area contributed by atoms with Gasteiger partial charge in [0.25, 0.3) is 0 Å². The molecule has 0 aliphatic heterocycles. The van der Waals surface area contributed by atoms with Gasteiger partial charge >= 0.3 is 0 Å². The third kappa shape index (κ3) is 2.69. The third-order valence-electron chi connectivity index (χ3n) is 3.80. The number of methoxy groups -OCH3 is 1. The zero-order chi connectivity index (χ0) is 14.8. The lowest BCUT2D eigenvalue weighted by atomic mass is 9.99. The van der Waals surface area contributed by atoms with Crippen molar-refractivity contribution >= 4 is 5.57 Å². The summed E-state index contributed by atoms with van der Waals surface area (Å²) < 4.78 is 5.36. The first-order chi connectivity index (χ1) is 10.2. The van der Waals surface area contributed by atoms with Crippen LogP contribution in [0.5, 0.6) is 5.75 Å². The van der Waals surface area contributed by atoms with Crippen LogP contribution in [0, 0.1) is 0 Å². The molecule has 1 aliphatic rings.